The standard InChI is InChI=1S/C12H11N3O3S/c1-18-9-5-3-2-4-8(9)13-11-7(12(16)17)6-10(19)14-15-11/h2-6H,1H3,(H,13,15)(H,14,19)(H,16,17). The maximum Gasteiger partial charge on any atom is 0.339 e. The molecule has 0 spiro atoms. The molecule has 3 N–H and O–H groups in total. The van der Waals surface area contributed by atoms with Gasteiger partial charge in [-0.3, -0.25) is 5.10 Å². The molecule has 0 unspecified atom stereocenters. The van der Waals surface area contributed by atoms with Crippen LogP contribution in [0.1, 0.15) is 10.4 Å². The fourth-order valence-electron chi connectivity index (χ4n) is 1.54. The van der Waals surface area contributed by atoms with E-state index in [1.165, 1.54) is 13.2 Å². The lowest BCUT2D eigenvalue weighted by Gasteiger charge is -2.11. The molecule has 2 aromatic rings. The molecule has 19 heavy (non-hydrogen) atoms. The average Bonchev–Trinajstić information content (AvgIpc) is 2.41. The number of para-hydroxylation sites is 2. The largest absolute Gasteiger partial charge is 0.495 e. The number of nitrogens with zero attached hydrogens (tertiary/aromatic N) is 1. The number of ether oxygens (including phenoxy) is 1. The summed E-state index contributed by atoms with van der Waals surface area (Å²) in [6.45, 7) is 0. The van der Waals surface area contributed by atoms with Crippen LogP contribution in [-0.2, 0) is 0 Å². The van der Waals surface area contributed by atoms with Gasteiger partial charge in [-0.05, 0) is 18.2 Å². The maximum absolute atomic E-state index is 11.1. The van der Waals surface area contributed by atoms with Crippen LogP contribution >= 0.6 is 12.2 Å². The SMILES string of the molecule is COc1ccccc1Nc1n[nH]c(=S)cc1C(=O)O. The topological polar surface area (TPSA) is 87.2 Å². The second-order valence-electron chi connectivity index (χ2n) is 3.62. The van der Waals surface area contributed by atoms with E-state index in [-0.39, 0.29) is 16.0 Å². The van der Waals surface area contributed by atoms with Crippen LogP contribution in [0.25, 0.3) is 0 Å². The minimum atomic E-state index is -1.11. The molecule has 98 valence electrons. The number of methoxy groups -OCH3 is 1. The Hall–Kier alpha value is -2.41. The highest BCUT2D eigenvalue weighted by Gasteiger charge is 2.13. The molecule has 2 rings (SSSR count). The zero-order chi connectivity index (χ0) is 13.8. The van der Waals surface area contributed by atoms with Crippen molar-refractivity contribution in [3.8, 4) is 5.75 Å². The molecule has 7 heteroatoms. The summed E-state index contributed by atoms with van der Waals surface area (Å²) in [5, 5.41) is 18.5. The number of rotatable bonds is 4. The highest BCUT2D eigenvalue weighted by atomic mass is 32.1. The molecule has 1 heterocycles. The van der Waals surface area contributed by atoms with Crippen LogP contribution in [0.15, 0.2) is 30.3 Å². The Morgan fingerprint density at radius 2 is 2.21 bits per heavy atom. The Morgan fingerprint density at radius 1 is 1.47 bits per heavy atom. The zero-order valence-electron chi connectivity index (χ0n) is 10.0. The summed E-state index contributed by atoms with van der Waals surface area (Å²) in [6, 6.07) is 8.47. The number of carbonyl (C=O) groups is 1. The molecule has 1 aromatic carbocycles. The first-order chi connectivity index (χ1) is 9.11. The lowest BCUT2D eigenvalue weighted by molar-refractivity contribution is 0.0697. The van der Waals surface area contributed by atoms with Gasteiger partial charge in [-0.1, -0.05) is 24.4 Å². The minimum Gasteiger partial charge on any atom is -0.495 e. The molecule has 0 aliphatic carbocycles. The first kappa shape index (κ1) is 13.0. The predicted octanol–water partition coefficient (Wildman–Crippen LogP) is 2.59. The first-order valence-corrected chi connectivity index (χ1v) is 5.75. The number of aromatic carboxylic acids is 1. The number of carboxylic acids is 1. The van der Waals surface area contributed by atoms with E-state index in [0.717, 1.165) is 0 Å². The van der Waals surface area contributed by atoms with Gasteiger partial charge in [-0.15, -0.1) is 0 Å². The maximum atomic E-state index is 11.1. The van der Waals surface area contributed by atoms with E-state index < -0.39 is 5.97 Å². The van der Waals surface area contributed by atoms with Crippen molar-refractivity contribution in [3.63, 3.8) is 0 Å². The Labute approximate surface area is 114 Å². The zero-order valence-corrected chi connectivity index (χ0v) is 10.8. The molecule has 0 radical (unpaired) electrons. The Balaban J connectivity index is 2.43. The van der Waals surface area contributed by atoms with E-state index in [1.807, 2.05) is 6.07 Å². The van der Waals surface area contributed by atoms with E-state index in [4.69, 9.17) is 22.1 Å². The van der Waals surface area contributed by atoms with Gasteiger partial charge in [0.1, 0.15) is 16.0 Å². The van der Waals surface area contributed by atoms with Crippen LogP contribution in [0.5, 0.6) is 5.75 Å². The summed E-state index contributed by atoms with van der Waals surface area (Å²) in [5.74, 6) is -0.348. The van der Waals surface area contributed by atoms with Gasteiger partial charge in [0.25, 0.3) is 0 Å². The molecule has 0 aliphatic heterocycles. The Bertz CT molecular complexity index is 669. The summed E-state index contributed by atoms with van der Waals surface area (Å²) in [4.78, 5) is 11.1. The van der Waals surface area contributed by atoms with Gasteiger partial charge in [-0.2, -0.15) is 5.10 Å². The van der Waals surface area contributed by atoms with Gasteiger partial charge >= 0.3 is 5.97 Å². The van der Waals surface area contributed by atoms with E-state index in [0.29, 0.717) is 11.4 Å². The molecule has 6 nitrogen and oxygen atoms in total. The van der Waals surface area contributed by atoms with Gasteiger partial charge in [0, 0.05) is 0 Å². The van der Waals surface area contributed by atoms with Crippen molar-refractivity contribution in [1.29, 1.82) is 0 Å². The number of anilines is 2. The number of hydrogen-bond acceptors (Lipinski definition) is 5. The number of hydrogen-bond donors (Lipinski definition) is 3. The molecule has 1 aromatic heterocycles. The van der Waals surface area contributed by atoms with Crippen molar-refractivity contribution in [1.82, 2.24) is 10.2 Å². The molecule has 0 atom stereocenters. The monoisotopic (exact) mass is 277 g/mol. The summed E-state index contributed by atoms with van der Waals surface area (Å²) in [6.07, 6.45) is 0. The van der Waals surface area contributed by atoms with Gasteiger partial charge < -0.3 is 15.2 Å². The number of nitrogens with one attached hydrogen (secondary N) is 2. The third kappa shape index (κ3) is 2.89. The van der Waals surface area contributed by atoms with Gasteiger partial charge in [0.05, 0.1) is 12.8 Å². The van der Waals surface area contributed by atoms with Gasteiger partial charge in [0.15, 0.2) is 5.82 Å². The fourth-order valence-corrected chi connectivity index (χ4v) is 1.70. The van der Waals surface area contributed by atoms with Crippen LogP contribution in [0.2, 0.25) is 0 Å². The van der Waals surface area contributed by atoms with E-state index >= 15 is 0 Å². The third-order valence-electron chi connectivity index (χ3n) is 2.40. The molecule has 0 amide bonds. The van der Waals surface area contributed by atoms with Crippen LogP contribution in [0, 0.1) is 4.64 Å². The average molecular weight is 277 g/mol. The van der Waals surface area contributed by atoms with E-state index in [1.54, 1.807) is 18.2 Å². The normalized spacial score (nSPS) is 9.95. The second kappa shape index (κ2) is 5.49. The molecule has 0 bridgehead atoms. The Morgan fingerprint density at radius 3 is 2.89 bits per heavy atom. The lowest BCUT2D eigenvalue weighted by atomic mass is 10.2. The molecule has 0 aliphatic rings. The fraction of sp³-hybridized carbons (Fsp3) is 0.0833. The van der Waals surface area contributed by atoms with Gasteiger partial charge in [-0.25, -0.2) is 4.79 Å². The highest BCUT2D eigenvalue weighted by Crippen LogP contribution is 2.27. The van der Waals surface area contributed by atoms with Crippen molar-refractivity contribution in [2.75, 3.05) is 12.4 Å². The summed E-state index contributed by atoms with van der Waals surface area (Å²) >= 11 is 4.86. The van der Waals surface area contributed by atoms with E-state index in [2.05, 4.69) is 15.5 Å². The van der Waals surface area contributed by atoms with Crippen molar-refractivity contribution in [3.05, 3.63) is 40.5 Å². The van der Waals surface area contributed by atoms with Crippen molar-refractivity contribution >= 4 is 29.7 Å². The van der Waals surface area contributed by atoms with Crippen molar-refractivity contribution in [2.24, 2.45) is 0 Å². The summed E-state index contributed by atoms with van der Waals surface area (Å²) < 4.78 is 5.43. The van der Waals surface area contributed by atoms with Crippen LogP contribution in [-0.4, -0.2) is 28.4 Å². The smallest absolute Gasteiger partial charge is 0.339 e. The number of aromatic amines is 1. The molecular formula is C12H11N3O3S. The first-order valence-electron chi connectivity index (χ1n) is 5.35. The van der Waals surface area contributed by atoms with E-state index in [9.17, 15) is 4.79 Å². The van der Waals surface area contributed by atoms with Gasteiger partial charge in [0.2, 0.25) is 0 Å². The molecule has 0 saturated carbocycles. The second-order valence-corrected chi connectivity index (χ2v) is 4.06. The number of aromatic nitrogens is 2. The van der Waals surface area contributed by atoms with Crippen LogP contribution < -0.4 is 10.1 Å². The third-order valence-corrected chi connectivity index (χ3v) is 2.61. The number of benzene rings is 1. The number of carboxylic acid groups (broad SMARTS) is 1. The van der Waals surface area contributed by atoms with Crippen LogP contribution in [0.3, 0.4) is 0 Å². The lowest BCUT2D eigenvalue weighted by Crippen LogP contribution is -2.07. The van der Waals surface area contributed by atoms with Crippen molar-refractivity contribution in [2.45, 2.75) is 0 Å². The summed E-state index contributed by atoms with van der Waals surface area (Å²) in [5.41, 5.74) is 0.611. The summed E-state index contributed by atoms with van der Waals surface area (Å²) in [7, 11) is 1.53. The predicted molar refractivity (Wildman–Crippen MR) is 72.7 cm³/mol. The molecule has 0 saturated heterocycles. The number of H-pyrrole nitrogens is 1. The highest BCUT2D eigenvalue weighted by molar-refractivity contribution is 7.71. The minimum absolute atomic E-state index is 0.00495. The molecular weight excluding hydrogens is 266 g/mol. The molecule has 0 fully saturated rings. The quantitative estimate of drug-likeness (QED) is 0.745. The van der Waals surface area contributed by atoms with Crippen molar-refractivity contribution < 1.29 is 14.6 Å². The van der Waals surface area contributed by atoms with Crippen LogP contribution in [0.4, 0.5) is 11.5 Å². The Kier molecular flexibility index (Phi) is 3.76.